The first kappa shape index (κ1) is 22.5. The number of anilines is 1. The highest BCUT2D eigenvalue weighted by Gasteiger charge is 2.28. The number of carbonyl (C=O) groups is 2. The fourth-order valence-electron chi connectivity index (χ4n) is 4.86. The number of nitrogens with one attached hydrogen (secondary N) is 1. The molecule has 2 amide bonds. The largest absolute Gasteiger partial charge is 0.368 e. The Morgan fingerprint density at radius 2 is 1.82 bits per heavy atom. The molecule has 0 saturated carbocycles. The van der Waals surface area contributed by atoms with Crippen molar-refractivity contribution in [2.45, 2.75) is 26.2 Å². The fourth-order valence-corrected chi connectivity index (χ4v) is 5.04. The summed E-state index contributed by atoms with van der Waals surface area (Å²) in [7, 11) is 0. The van der Waals surface area contributed by atoms with Crippen LogP contribution in [0.5, 0.6) is 0 Å². The maximum absolute atomic E-state index is 13.0. The van der Waals surface area contributed by atoms with Crippen LogP contribution in [-0.2, 0) is 17.6 Å². The molecule has 1 saturated heterocycles. The highest BCUT2D eigenvalue weighted by molar-refractivity contribution is 6.30. The van der Waals surface area contributed by atoms with Crippen LogP contribution in [0.15, 0.2) is 48.5 Å². The molecule has 1 fully saturated rings. The van der Waals surface area contributed by atoms with Crippen molar-refractivity contribution in [1.82, 2.24) is 20.0 Å². The molecule has 0 bridgehead atoms. The molecule has 0 radical (unpaired) electrons. The summed E-state index contributed by atoms with van der Waals surface area (Å²) >= 11 is 6.11. The van der Waals surface area contributed by atoms with Crippen LogP contribution >= 0.6 is 11.6 Å². The molecule has 1 N–H and O–H groups in total. The van der Waals surface area contributed by atoms with Crippen molar-refractivity contribution in [3.63, 3.8) is 0 Å². The van der Waals surface area contributed by atoms with Crippen LogP contribution in [-0.4, -0.2) is 59.2 Å². The van der Waals surface area contributed by atoms with Gasteiger partial charge in [0, 0.05) is 48.1 Å². The van der Waals surface area contributed by atoms with Crippen molar-refractivity contribution in [3.8, 4) is 5.69 Å². The van der Waals surface area contributed by atoms with E-state index in [0.717, 1.165) is 60.5 Å². The smallest absolute Gasteiger partial charge is 0.272 e. The summed E-state index contributed by atoms with van der Waals surface area (Å²) < 4.78 is 1.91. The minimum atomic E-state index is -0.281. The first-order chi connectivity index (χ1) is 16.5. The standard InChI is InChI=1S/C26H28ClN5O2/c1-18-6-2-3-10-22(18)32-23-11-5-9-21(23)25(29-32)26(34)28-17-24(33)31-14-12-30(13-15-31)20-8-4-7-19(27)16-20/h2-4,6-8,10,16H,5,9,11-15,17H2,1H3,(H,28,34). The van der Waals surface area contributed by atoms with Gasteiger partial charge in [-0.15, -0.1) is 0 Å². The Morgan fingerprint density at radius 1 is 1.03 bits per heavy atom. The molecule has 0 atom stereocenters. The van der Waals surface area contributed by atoms with E-state index in [1.165, 1.54) is 0 Å². The Balaban J connectivity index is 1.21. The number of amides is 2. The van der Waals surface area contributed by atoms with E-state index in [9.17, 15) is 9.59 Å². The average Bonchev–Trinajstić information content (AvgIpc) is 3.46. The van der Waals surface area contributed by atoms with Gasteiger partial charge in [-0.1, -0.05) is 35.9 Å². The molecule has 2 aliphatic rings. The Labute approximate surface area is 204 Å². The van der Waals surface area contributed by atoms with Gasteiger partial charge in [-0.25, -0.2) is 4.68 Å². The number of hydrogen-bond donors (Lipinski definition) is 1. The van der Waals surface area contributed by atoms with Crippen molar-refractivity contribution >= 4 is 29.1 Å². The first-order valence-corrected chi connectivity index (χ1v) is 12.1. The third-order valence-corrected chi connectivity index (χ3v) is 6.93. The molecule has 8 heteroatoms. The number of hydrogen-bond acceptors (Lipinski definition) is 4. The Kier molecular flexibility index (Phi) is 6.28. The van der Waals surface area contributed by atoms with Gasteiger partial charge in [0.1, 0.15) is 0 Å². The number of rotatable bonds is 5. The molecule has 2 aromatic carbocycles. The van der Waals surface area contributed by atoms with E-state index in [1.807, 2.05) is 60.1 Å². The number of aryl methyl sites for hydroxylation is 1. The lowest BCUT2D eigenvalue weighted by molar-refractivity contribution is -0.130. The van der Waals surface area contributed by atoms with Crippen molar-refractivity contribution in [2.24, 2.45) is 0 Å². The highest BCUT2D eigenvalue weighted by atomic mass is 35.5. The summed E-state index contributed by atoms with van der Waals surface area (Å²) in [6.45, 7) is 4.70. The van der Waals surface area contributed by atoms with Crippen LogP contribution in [0.25, 0.3) is 5.69 Å². The van der Waals surface area contributed by atoms with E-state index >= 15 is 0 Å². The van der Waals surface area contributed by atoms with E-state index < -0.39 is 0 Å². The Bertz CT molecular complexity index is 1230. The Hall–Kier alpha value is -3.32. The predicted molar refractivity (Wildman–Crippen MR) is 133 cm³/mol. The van der Waals surface area contributed by atoms with E-state index in [0.29, 0.717) is 23.8 Å². The lowest BCUT2D eigenvalue weighted by Crippen LogP contribution is -2.51. The van der Waals surface area contributed by atoms with Crippen molar-refractivity contribution in [2.75, 3.05) is 37.6 Å². The van der Waals surface area contributed by atoms with Gasteiger partial charge in [0.25, 0.3) is 5.91 Å². The van der Waals surface area contributed by atoms with Crippen LogP contribution in [0.4, 0.5) is 5.69 Å². The van der Waals surface area contributed by atoms with E-state index in [4.69, 9.17) is 11.6 Å². The number of carbonyl (C=O) groups excluding carboxylic acids is 2. The zero-order valence-electron chi connectivity index (χ0n) is 19.3. The molecule has 1 aromatic heterocycles. The first-order valence-electron chi connectivity index (χ1n) is 11.7. The lowest BCUT2D eigenvalue weighted by Gasteiger charge is -2.36. The third-order valence-electron chi connectivity index (χ3n) is 6.69. The SMILES string of the molecule is Cc1ccccc1-n1nc(C(=O)NCC(=O)N2CCN(c3cccc(Cl)c3)CC2)c2c1CCC2. The van der Waals surface area contributed by atoms with Gasteiger partial charge in [0.15, 0.2) is 5.69 Å². The van der Waals surface area contributed by atoms with Gasteiger partial charge in [0.05, 0.1) is 12.2 Å². The number of nitrogens with zero attached hydrogens (tertiary/aromatic N) is 4. The fraction of sp³-hybridized carbons (Fsp3) is 0.346. The van der Waals surface area contributed by atoms with Gasteiger partial charge in [0.2, 0.25) is 5.91 Å². The second kappa shape index (κ2) is 9.50. The molecule has 1 aliphatic carbocycles. The molecule has 3 aromatic rings. The summed E-state index contributed by atoms with van der Waals surface area (Å²) in [4.78, 5) is 29.8. The average molecular weight is 478 g/mol. The number of benzene rings is 2. The zero-order valence-corrected chi connectivity index (χ0v) is 20.0. The van der Waals surface area contributed by atoms with Gasteiger partial charge in [-0.05, 0) is 56.0 Å². The third kappa shape index (κ3) is 4.40. The molecule has 5 rings (SSSR count). The number of aromatic nitrogens is 2. The zero-order chi connectivity index (χ0) is 23.7. The molecular formula is C26H28ClN5O2. The Morgan fingerprint density at radius 3 is 2.59 bits per heavy atom. The molecular weight excluding hydrogens is 450 g/mol. The quantitative estimate of drug-likeness (QED) is 0.611. The summed E-state index contributed by atoms with van der Waals surface area (Å²) in [6, 6.07) is 15.8. The maximum Gasteiger partial charge on any atom is 0.272 e. The van der Waals surface area contributed by atoms with Crippen molar-refractivity contribution in [1.29, 1.82) is 0 Å². The van der Waals surface area contributed by atoms with E-state index in [-0.39, 0.29) is 18.4 Å². The number of halogens is 1. The minimum absolute atomic E-state index is 0.0258. The van der Waals surface area contributed by atoms with E-state index in [1.54, 1.807) is 4.90 Å². The van der Waals surface area contributed by atoms with Crippen LogP contribution in [0.2, 0.25) is 5.02 Å². The van der Waals surface area contributed by atoms with Gasteiger partial charge in [-0.2, -0.15) is 5.10 Å². The molecule has 0 unspecified atom stereocenters. The van der Waals surface area contributed by atoms with Crippen LogP contribution in [0, 0.1) is 6.92 Å². The van der Waals surface area contributed by atoms with Gasteiger partial charge >= 0.3 is 0 Å². The topological polar surface area (TPSA) is 70.5 Å². The second-order valence-electron chi connectivity index (χ2n) is 8.86. The molecule has 7 nitrogen and oxygen atoms in total. The lowest BCUT2D eigenvalue weighted by atomic mass is 10.2. The summed E-state index contributed by atoms with van der Waals surface area (Å²) in [6.07, 6.45) is 2.75. The van der Waals surface area contributed by atoms with Crippen LogP contribution in [0.1, 0.15) is 33.7 Å². The highest BCUT2D eigenvalue weighted by Crippen LogP contribution is 2.29. The summed E-state index contributed by atoms with van der Waals surface area (Å²) in [5.41, 5.74) is 5.71. The summed E-state index contributed by atoms with van der Waals surface area (Å²) in [5.74, 6) is -0.356. The number of piperazine rings is 1. The predicted octanol–water partition coefficient (Wildman–Crippen LogP) is 3.40. The van der Waals surface area contributed by atoms with Gasteiger partial charge in [-0.3, -0.25) is 9.59 Å². The maximum atomic E-state index is 13.0. The molecule has 176 valence electrons. The van der Waals surface area contributed by atoms with E-state index in [2.05, 4.69) is 15.3 Å². The number of para-hydroxylation sites is 1. The monoisotopic (exact) mass is 477 g/mol. The van der Waals surface area contributed by atoms with Gasteiger partial charge < -0.3 is 15.1 Å². The van der Waals surface area contributed by atoms with Crippen molar-refractivity contribution in [3.05, 3.63) is 76.1 Å². The molecule has 0 spiro atoms. The number of fused-ring (bicyclic) bond motifs is 1. The van der Waals surface area contributed by atoms with Crippen molar-refractivity contribution < 1.29 is 9.59 Å². The van der Waals surface area contributed by atoms with Crippen LogP contribution < -0.4 is 10.2 Å². The molecule has 2 heterocycles. The molecule has 34 heavy (non-hydrogen) atoms. The minimum Gasteiger partial charge on any atom is -0.368 e. The summed E-state index contributed by atoms with van der Waals surface area (Å²) in [5, 5.41) is 8.19. The molecule has 1 aliphatic heterocycles. The van der Waals surface area contributed by atoms with Crippen LogP contribution in [0.3, 0.4) is 0 Å². The normalized spacial score (nSPS) is 15.4. The second-order valence-corrected chi connectivity index (χ2v) is 9.29.